The third kappa shape index (κ3) is 2.49. The van der Waals surface area contributed by atoms with Crippen molar-refractivity contribution in [1.82, 2.24) is 10.2 Å². The monoisotopic (exact) mass is 264 g/mol. The van der Waals surface area contributed by atoms with Gasteiger partial charge in [-0.15, -0.1) is 0 Å². The summed E-state index contributed by atoms with van der Waals surface area (Å²) in [5, 5.41) is 3.02. The van der Waals surface area contributed by atoms with Crippen molar-refractivity contribution in [1.29, 1.82) is 0 Å². The molecule has 3 fully saturated rings. The number of hydrogen-bond acceptors (Lipinski definition) is 2. The van der Waals surface area contributed by atoms with Crippen LogP contribution in [0.1, 0.15) is 51.9 Å². The lowest BCUT2D eigenvalue weighted by atomic mass is 9.95. The van der Waals surface area contributed by atoms with Gasteiger partial charge in [-0.25, -0.2) is 0 Å². The quantitative estimate of drug-likeness (QED) is 0.843. The van der Waals surface area contributed by atoms with E-state index in [1.165, 1.54) is 12.8 Å². The zero-order valence-corrected chi connectivity index (χ0v) is 11.8. The molecule has 0 aromatic rings. The number of amides is 2. The Kier molecular flexibility index (Phi) is 3.27. The van der Waals surface area contributed by atoms with Gasteiger partial charge in [0.25, 0.3) is 0 Å². The lowest BCUT2D eigenvalue weighted by Crippen LogP contribution is -2.55. The molecule has 1 atom stereocenters. The van der Waals surface area contributed by atoms with Crippen molar-refractivity contribution in [2.75, 3.05) is 13.1 Å². The lowest BCUT2D eigenvalue weighted by Gasteiger charge is -2.33. The van der Waals surface area contributed by atoms with Crippen molar-refractivity contribution in [3.63, 3.8) is 0 Å². The third-order valence-electron chi connectivity index (χ3n) is 5.08. The van der Waals surface area contributed by atoms with Gasteiger partial charge in [-0.1, -0.05) is 19.8 Å². The Morgan fingerprint density at radius 3 is 2.63 bits per heavy atom. The van der Waals surface area contributed by atoms with Crippen molar-refractivity contribution < 1.29 is 9.59 Å². The minimum atomic E-state index is -0.559. The zero-order valence-electron chi connectivity index (χ0n) is 11.8. The first-order chi connectivity index (χ1) is 9.11. The highest BCUT2D eigenvalue weighted by Crippen LogP contribution is 2.38. The molecule has 4 heteroatoms. The van der Waals surface area contributed by atoms with Gasteiger partial charge in [0.2, 0.25) is 11.8 Å². The molecule has 0 aromatic carbocycles. The fraction of sp³-hybridized carbons (Fsp3) is 0.867. The van der Waals surface area contributed by atoms with Crippen LogP contribution < -0.4 is 5.32 Å². The predicted octanol–water partition coefficient (Wildman–Crippen LogP) is 1.69. The number of hydrogen-bond donors (Lipinski definition) is 1. The number of carbonyl (C=O) groups is 2. The molecule has 3 rings (SSSR count). The van der Waals surface area contributed by atoms with Crippen LogP contribution in [0.5, 0.6) is 0 Å². The Labute approximate surface area is 114 Å². The van der Waals surface area contributed by atoms with Crippen LogP contribution in [0.2, 0.25) is 0 Å². The van der Waals surface area contributed by atoms with Crippen LogP contribution in [0.25, 0.3) is 0 Å². The molecular weight excluding hydrogens is 240 g/mol. The molecule has 106 valence electrons. The highest BCUT2D eigenvalue weighted by molar-refractivity contribution is 5.93. The highest BCUT2D eigenvalue weighted by atomic mass is 16.2. The maximum atomic E-state index is 12.8. The van der Waals surface area contributed by atoms with Crippen LogP contribution >= 0.6 is 0 Å². The van der Waals surface area contributed by atoms with Gasteiger partial charge in [-0.3, -0.25) is 9.59 Å². The van der Waals surface area contributed by atoms with Crippen molar-refractivity contribution in [3.05, 3.63) is 0 Å². The summed E-state index contributed by atoms with van der Waals surface area (Å²) in [6, 6.07) is 0. The molecule has 1 heterocycles. The molecule has 3 aliphatic rings. The van der Waals surface area contributed by atoms with Crippen LogP contribution in [-0.4, -0.2) is 35.3 Å². The minimum absolute atomic E-state index is 0.0526. The second-order valence-corrected chi connectivity index (χ2v) is 6.65. The maximum Gasteiger partial charge on any atom is 0.248 e. The highest BCUT2D eigenvalue weighted by Gasteiger charge is 2.46. The van der Waals surface area contributed by atoms with E-state index in [4.69, 9.17) is 0 Å². The first kappa shape index (κ1) is 12.9. The Morgan fingerprint density at radius 1 is 1.32 bits per heavy atom. The summed E-state index contributed by atoms with van der Waals surface area (Å²) in [7, 11) is 0. The van der Waals surface area contributed by atoms with Crippen molar-refractivity contribution in [2.45, 2.75) is 57.4 Å². The van der Waals surface area contributed by atoms with Crippen LogP contribution in [0, 0.1) is 11.8 Å². The van der Waals surface area contributed by atoms with Crippen LogP contribution in [0.3, 0.4) is 0 Å². The molecule has 4 nitrogen and oxygen atoms in total. The topological polar surface area (TPSA) is 49.4 Å². The number of nitrogens with zero attached hydrogens (tertiary/aromatic N) is 1. The van der Waals surface area contributed by atoms with Crippen molar-refractivity contribution >= 4 is 11.8 Å². The van der Waals surface area contributed by atoms with Gasteiger partial charge < -0.3 is 10.2 Å². The van der Waals surface area contributed by atoms with Crippen LogP contribution in [0.15, 0.2) is 0 Å². The summed E-state index contributed by atoms with van der Waals surface area (Å²) >= 11 is 0. The molecule has 0 aromatic heterocycles. The lowest BCUT2D eigenvalue weighted by molar-refractivity contribution is -0.139. The first-order valence-electron chi connectivity index (χ1n) is 7.71. The predicted molar refractivity (Wildman–Crippen MR) is 72.4 cm³/mol. The van der Waals surface area contributed by atoms with Gasteiger partial charge >= 0.3 is 0 Å². The van der Waals surface area contributed by atoms with Crippen LogP contribution in [0.4, 0.5) is 0 Å². The number of nitrogens with one attached hydrogen (secondary N) is 1. The number of rotatable bonds is 3. The second kappa shape index (κ2) is 4.80. The van der Waals surface area contributed by atoms with E-state index in [-0.39, 0.29) is 11.8 Å². The van der Waals surface area contributed by atoms with E-state index >= 15 is 0 Å². The van der Waals surface area contributed by atoms with E-state index < -0.39 is 5.54 Å². The van der Waals surface area contributed by atoms with Gasteiger partial charge in [0.1, 0.15) is 5.54 Å². The molecular formula is C15H24N2O2. The zero-order chi connectivity index (χ0) is 13.5. The molecule has 1 unspecified atom stereocenters. The molecule has 1 spiro atoms. The Bertz CT molecular complexity index is 384. The van der Waals surface area contributed by atoms with Crippen molar-refractivity contribution in [3.8, 4) is 0 Å². The third-order valence-corrected chi connectivity index (χ3v) is 5.08. The Hall–Kier alpha value is -1.06. The molecule has 0 radical (unpaired) electrons. The molecule has 19 heavy (non-hydrogen) atoms. The van der Waals surface area contributed by atoms with Crippen LogP contribution in [-0.2, 0) is 9.59 Å². The SMILES string of the molecule is CC(CN1CCC(=O)NC2(CCCC2)C1=O)C1CC1. The standard InChI is InChI=1S/C15H24N2O2/c1-11(12-4-5-12)10-17-9-6-13(18)16-15(14(17)19)7-2-3-8-15/h11-12H,2-10H2,1H3,(H,16,18). The summed E-state index contributed by atoms with van der Waals surface area (Å²) in [6.45, 7) is 3.68. The smallest absolute Gasteiger partial charge is 0.248 e. The molecule has 1 saturated heterocycles. The van der Waals surface area contributed by atoms with E-state index in [0.717, 1.165) is 38.1 Å². The Balaban J connectivity index is 1.75. The minimum Gasteiger partial charge on any atom is -0.342 e. The molecule has 2 amide bonds. The Morgan fingerprint density at radius 2 is 2.00 bits per heavy atom. The van der Waals surface area contributed by atoms with E-state index in [9.17, 15) is 9.59 Å². The maximum absolute atomic E-state index is 12.8. The molecule has 1 aliphatic heterocycles. The fourth-order valence-corrected chi connectivity index (χ4v) is 3.68. The summed E-state index contributed by atoms with van der Waals surface area (Å²) in [5.41, 5.74) is -0.559. The van der Waals surface area contributed by atoms with E-state index in [1.54, 1.807) is 0 Å². The summed E-state index contributed by atoms with van der Waals surface area (Å²) in [6.07, 6.45) is 6.84. The van der Waals surface area contributed by atoms with Gasteiger partial charge in [0, 0.05) is 19.5 Å². The van der Waals surface area contributed by atoms with E-state index in [2.05, 4.69) is 12.2 Å². The van der Waals surface area contributed by atoms with E-state index in [1.807, 2.05) is 4.90 Å². The van der Waals surface area contributed by atoms with Crippen molar-refractivity contribution in [2.24, 2.45) is 11.8 Å². The molecule has 1 N–H and O–H groups in total. The molecule has 0 bridgehead atoms. The summed E-state index contributed by atoms with van der Waals surface area (Å²) in [4.78, 5) is 26.6. The summed E-state index contributed by atoms with van der Waals surface area (Å²) < 4.78 is 0. The first-order valence-corrected chi connectivity index (χ1v) is 7.71. The van der Waals surface area contributed by atoms with Gasteiger partial charge in [-0.05, 0) is 37.5 Å². The largest absolute Gasteiger partial charge is 0.342 e. The number of carbonyl (C=O) groups excluding carboxylic acids is 2. The van der Waals surface area contributed by atoms with Gasteiger partial charge in [-0.2, -0.15) is 0 Å². The normalized spacial score (nSPS) is 28.4. The van der Waals surface area contributed by atoms with Gasteiger partial charge in [0.05, 0.1) is 0 Å². The van der Waals surface area contributed by atoms with E-state index in [0.29, 0.717) is 18.9 Å². The second-order valence-electron chi connectivity index (χ2n) is 6.65. The molecule has 2 aliphatic carbocycles. The molecule has 2 saturated carbocycles. The average Bonchev–Trinajstić information content (AvgIpc) is 3.14. The fourth-order valence-electron chi connectivity index (χ4n) is 3.68. The summed E-state index contributed by atoms with van der Waals surface area (Å²) in [5.74, 6) is 1.62. The van der Waals surface area contributed by atoms with Gasteiger partial charge in [0.15, 0.2) is 0 Å². The average molecular weight is 264 g/mol.